The van der Waals surface area contributed by atoms with Crippen LogP contribution in [0.1, 0.15) is 5.56 Å². The lowest BCUT2D eigenvalue weighted by Crippen LogP contribution is -2.27. The van der Waals surface area contributed by atoms with E-state index in [1.165, 1.54) is 0 Å². The van der Waals surface area contributed by atoms with Gasteiger partial charge in [0.2, 0.25) is 12.5 Å². The van der Waals surface area contributed by atoms with Gasteiger partial charge in [-0.3, -0.25) is 0 Å². The Kier molecular flexibility index (Phi) is 5.52. The monoisotopic (exact) mass is 376 g/mol. The fourth-order valence-electron chi connectivity index (χ4n) is 2.57. The van der Waals surface area contributed by atoms with Crippen LogP contribution < -0.4 is 34.3 Å². The lowest BCUT2D eigenvalue weighted by Gasteiger charge is -2.15. The first-order valence-corrected chi connectivity index (χ1v) is 8.28. The number of methoxy groups -OCH3 is 3. The third kappa shape index (κ3) is 3.85. The maximum atomic E-state index is 5.36. The lowest BCUT2D eigenvalue weighted by atomic mass is 10.2. The normalized spacial score (nSPS) is 11.7. The molecule has 0 amide bonds. The maximum Gasteiger partial charge on any atom is 0.231 e. The van der Waals surface area contributed by atoms with Gasteiger partial charge in [0.25, 0.3) is 0 Å². The quantitative estimate of drug-likeness (QED) is 0.746. The summed E-state index contributed by atoms with van der Waals surface area (Å²) >= 11 is 5.35. The molecule has 0 atom stereocenters. The van der Waals surface area contributed by atoms with Crippen LogP contribution in [-0.4, -0.2) is 33.2 Å². The van der Waals surface area contributed by atoms with Gasteiger partial charge in [0.15, 0.2) is 28.1 Å². The zero-order chi connectivity index (χ0) is 18.5. The fraction of sp³-hybridized carbons (Fsp3) is 0.278. The molecule has 0 bridgehead atoms. The van der Waals surface area contributed by atoms with Gasteiger partial charge in [0.1, 0.15) is 0 Å². The molecule has 8 heteroatoms. The highest BCUT2D eigenvalue weighted by Crippen LogP contribution is 2.38. The van der Waals surface area contributed by atoms with Crippen molar-refractivity contribution in [2.75, 3.05) is 33.4 Å². The Morgan fingerprint density at radius 2 is 1.69 bits per heavy atom. The first kappa shape index (κ1) is 17.9. The topological polar surface area (TPSA) is 70.2 Å². The lowest BCUT2D eigenvalue weighted by molar-refractivity contribution is 0.174. The molecule has 0 fully saturated rings. The van der Waals surface area contributed by atoms with Crippen LogP contribution in [0, 0.1) is 0 Å². The Labute approximate surface area is 157 Å². The number of rotatable bonds is 6. The molecule has 2 aromatic carbocycles. The molecule has 0 unspecified atom stereocenters. The van der Waals surface area contributed by atoms with Crippen molar-refractivity contribution in [1.82, 2.24) is 5.32 Å². The van der Waals surface area contributed by atoms with Crippen molar-refractivity contribution in [2.45, 2.75) is 6.54 Å². The summed E-state index contributed by atoms with van der Waals surface area (Å²) in [6.07, 6.45) is 0. The fourth-order valence-corrected chi connectivity index (χ4v) is 2.76. The van der Waals surface area contributed by atoms with Crippen molar-refractivity contribution < 1.29 is 23.7 Å². The van der Waals surface area contributed by atoms with Crippen LogP contribution in [0.2, 0.25) is 0 Å². The van der Waals surface area contributed by atoms with E-state index in [1.807, 2.05) is 30.3 Å². The minimum atomic E-state index is 0.239. The van der Waals surface area contributed by atoms with E-state index in [1.54, 1.807) is 21.3 Å². The molecule has 1 aliphatic heterocycles. The second-order valence-electron chi connectivity index (χ2n) is 5.41. The van der Waals surface area contributed by atoms with Crippen LogP contribution in [-0.2, 0) is 6.54 Å². The summed E-state index contributed by atoms with van der Waals surface area (Å²) in [6, 6.07) is 9.30. The van der Waals surface area contributed by atoms with Crippen molar-refractivity contribution in [3.63, 3.8) is 0 Å². The van der Waals surface area contributed by atoms with Crippen molar-refractivity contribution >= 4 is 23.0 Å². The Morgan fingerprint density at radius 1 is 1.00 bits per heavy atom. The summed E-state index contributed by atoms with van der Waals surface area (Å²) < 4.78 is 26.7. The maximum absolute atomic E-state index is 5.36. The van der Waals surface area contributed by atoms with Gasteiger partial charge in [-0.05, 0) is 42.0 Å². The smallest absolute Gasteiger partial charge is 0.231 e. The molecule has 2 aromatic rings. The van der Waals surface area contributed by atoms with E-state index in [9.17, 15) is 0 Å². The Balaban J connectivity index is 1.64. The number of nitrogens with one attached hydrogen (secondary N) is 2. The molecule has 0 aromatic heterocycles. The van der Waals surface area contributed by atoms with Gasteiger partial charge < -0.3 is 34.3 Å². The number of hydrogen-bond acceptors (Lipinski definition) is 6. The van der Waals surface area contributed by atoms with Gasteiger partial charge in [-0.1, -0.05) is 0 Å². The molecular formula is C18H20N2O5S. The Bertz CT molecular complexity index is 787. The molecular weight excluding hydrogens is 356 g/mol. The summed E-state index contributed by atoms with van der Waals surface area (Å²) in [4.78, 5) is 0. The van der Waals surface area contributed by atoms with Crippen molar-refractivity contribution in [3.05, 3.63) is 35.9 Å². The molecule has 7 nitrogen and oxygen atoms in total. The molecule has 3 rings (SSSR count). The molecule has 2 N–H and O–H groups in total. The van der Waals surface area contributed by atoms with Crippen molar-refractivity contribution in [1.29, 1.82) is 0 Å². The molecule has 0 radical (unpaired) electrons. The summed E-state index contributed by atoms with van der Waals surface area (Å²) in [7, 11) is 4.74. The molecule has 0 saturated carbocycles. The minimum absolute atomic E-state index is 0.239. The van der Waals surface area contributed by atoms with E-state index >= 15 is 0 Å². The third-order valence-electron chi connectivity index (χ3n) is 3.81. The zero-order valence-electron chi connectivity index (χ0n) is 14.8. The molecule has 0 spiro atoms. The summed E-state index contributed by atoms with van der Waals surface area (Å²) in [5.74, 6) is 3.17. The van der Waals surface area contributed by atoms with E-state index in [2.05, 4.69) is 10.6 Å². The van der Waals surface area contributed by atoms with Gasteiger partial charge in [-0.15, -0.1) is 0 Å². The van der Waals surface area contributed by atoms with Gasteiger partial charge >= 0.3 is 0 Å². The van der Waals surface area contributed by atoms with Crippen LogP contribution in [0.4, 0.5) is 5.69 Å². The van der Waals surface area contributed by atoms with Crippen LogP contribution >= 0.6 is 12.2 Å². The molecule has 1 aliphatic rings. The van der Waals surface area contributed by atoms with Gasteiger partial charge in [-0.2, -0.15) is 0 Å². The summed E-state index contributed by atoms with van der Waals surface area (Å²) in [5, 5.41) is 6.75. The van der Waals surface area contributed by atoms with E-state index < -0.39 is 0 Å². The number of benzene rings is 2. The van der Waals surface area contributed by atoms with Gasteiger partial charge in [-0.25, -0.2) is 0 Å². The molecule has 1 heterocycles. The summed E-state index contributed by atoms with van der Waals surface area (Å²) in [5.41, 5.74) is 1.76. The highest BCUT2D eigenvalue weighted by atomic mass is 32.1. The van der Waals surface area contributed by atoms with E-state index in [-0.39, 0.29) is 6.79 Å². The third-order valence-corrected chi connectivity index (χ3v) is 4.05. The van der Waals surface area contributed by atoms with Crippen molar-refractivity contribution in [2.24, 2.45) is 0 Å². The number of hydrogen-bond donors (Lipinski definition) is 2. The molecule has 26 heavy (non-hydrogen) atoms. The molecule has 0 aliphatic carbocycles. The first-order valence-electron chi connectivity index (χ1n) is 7.88. The average molecular weight is 376 g/mol. The standard InChI is InChI=1S/C18H20N2O5S/c1-21-15-6-11(7-16(22-2)17(15)23-3)9-19-18(26)20-12-4-5-13-14(8-12)25-10-24-13/h4-8H,9-10H2,1-3H3,(H2,19,20,26). The van der Waals surface area contributed by atoms with Crippen molar-refractivity contribution in [3.8, 4) is 28.7 Å². The number of anilines is 1. The predicted octanol–water partition coefficient (Wildman–Crippen LogP) is 2.93. The molecule has 138 valence electrons. The zero-order valence-corrected chi connectivity index (χ0v) is 15.6. The second-order valence-corrected chi connectivity index (χ2v) is 5.82. The van der Waals surface area contributed by atoms with Crippen LogP contribution in [0.3, 0.4) is 0 Å². The highest BCUT2D eigenvalue weighted by molar-refractivity contribution is 7.80. The first-order chi connectivity index (χ1) is 12.6. The average Bonchev–Trinajstić information content (AvgIpc) is 3.13. The highest BCUT2D eigenvalue weighted by Gasteiger charge is 2.15. The number of ether oxygens (including phenoxy) is 5. The molecule has 0 saturated heterocycles. The summed E-state index contributed by atoms with van der Waals surface area (Å²) in [6.45, 7) is 0.732. The van der Waals surface area contributed by atoms with Gasteiger partial charge in [0, 0.05) is 18.3 Å². The Morgan fingerprint density at radius 3 is 2.35 bits per heavy atom. The van der Waals surface area contributed by atoms with Crippen LogP contribution in [0.15, 0.2) is 30.3 Å². The van der Waals surface area contributed by atoms with Crippen LogP contribution in [0.25, 0.3) is 0 Å². The van der Waals surface area contributed by atoms with E-state index in [0.29, 0.717) is 34.7 Å². The van der Waals surface area contributed by atoms with E-state index in [0.717, 1.165) is 17.0 Å². The van der Waals surface area contributed by atoms with Crippen LogP contribution in [0.5, 0.6) is 28.7 Å². The minimum Gasteiger partial charge on any atom is -0.493 e. The number of fused-ring (bicyclic) bond motifs is 1. The second kappa shape index (κ2) is 8.01. The van der Waals surface area contributed by atoms with E-state index in [4.69, 9.17) is 35.9 Å². The predicted molar refractivity (Wildman–Crippen MR) is 102 cm³/mol. The largest absolute Gasteiger partial charge is 0.493 e. The SMILES string of the molecule is COc1cc(CNC(=S)Nc2ccc3c(c2)OCO3)cc(OC)c1OC. The Hall–Kier alpha value is -2.87. The number of thiocarbonyl (C=S) groups is 1. The van der Waals surface area contributed by atoms with Gasteiger partial charge in [0.05, 0.1) is 21.3 Å².